The van der Waals surface area contributed by atoms with Gasteiger partial charge in [0.15, 0.2) is 0 Å². The number of benzene rings is 1. The fourth-order valence-electron chi connectivity index (χ4n) is 2.51. The Morgan fingerprint density at radius 2 is 1.95 bits per heavy atom. The molecule has 0 amide bonds. The number of nitrogens with zero attached hydrogens (tertiary/aromatic N) is 2. The van der Waals surface area contributed by atoms with E-state index < -0.39 is 0 Å². The summed E-state index contributed by atoms with van der Waals surface area (Å²) in [7, 11) is 0. The van der Waals surface area contributed by atoms with Gasteiger partial charge in [-0.1, -0.05) is 29.8 Å². The van der Waals surface area contributed by atoms with Gasteiger partial charge in [-0.3, -0.25) is 4.90 Å². The smallest absolute Gasteiger partial charge is 0.123 e. The Hall–Kier alpha value is -1.23. The molecule has 3 nitrogen and oxygen atoms in total. The van der Waals surface area contributed by atoms with Crippen LogP contribution in [0.3, 0.4) is 0 Å². The van der Waals surface area contributed by atoms with Crippen LogP contribution >= 0.6 is 11.3 Å². The molecule has 1 aromatic carbocycles. The highest BCUT2D eigenvalue weighted by molar-refractivity contribution is 7.13. The first-order valence-electron chi connectivity index (χ1n) is 7.12. The number of hydrogen-bond acceptors (Lipinski definition) is 4. The van der Waals surface area contributed by atoms with Crippen LogP contribution in [0, 0.1) is 6.92 Å². The van der Waals surface area contributed by atoms with Crippen molar-refractivity contribution in [3.8, 4) is 10.6 Å². The molecular formula is C16H20N2OS. The van der Waals surface area contributed by atoms with Gasteiger partial charge in [0.1, 0.15) is 5.01 Å². The van der Waals surface area contributed by atoms with E-state index in [-0.39, 0.29) is 6.10 Å². The summed E-state index contributed by atoms with van der Waals surface area (Å²) in [5.41, 5.74) is 3.61. The second-order valence-electron chi connectivity index (χ2n) is 5.52. The number of aliphatic hydroxyl groups is 1. The number of likely N-dealkylation sites (tertiary alicyclic amines) is 1. The molecule has 4 heteroatoms. The first-order valence-corrected chi connectivity index (χ1v) is 8.00. The van der Waals surface area contributed by atoms with Crippen molar-refractivity contribution in [3.63, 3.8) is 0 Å². The Balaban J connectivity index is 1.66. The van der Waals surface area contributed by atoms with Crippen LogP contribution in [0.1, 0.15) is 24.1 Å². The van der Waals surface area contributed by atoms with Gasteiger partial charge in [0.05, 0.1) is 11.8 Å². The van der Waals surface area contributed by atoms with Crippen molar-refractivity contribution in [1.29, 1.82) is 0 Å². The van der Waals surface area contributed by atoms with Crippen LogP contribution in [0.15, 0.2) is 29.6 Å². The van der Waals surface area contributed by atoms with E-state index in [4.69, 9.17) is 4.98 Å². The van der Waals surface area contributed by atoms with Crippen LogP contribution in [-0.4, -0.2) is 34.2 Å². The van der Waals surface area contributed by atoms with Gasteiger partial charge in [0.25, 0.3) is 0 Å². The summed E-state index contributed by atoms with van der Waals surface area (Å²) in [6.45, 7) is 4.94. The van der Waals surface area contributed by atoms with Gasteiger partial charge in [0, 0.05) is 30.6 Å². The highest BCUT2D eigenvalue weighted by Gasteiger charge is 2.17. The lowest BCUT2D eigenvalue weighted by atomic mass is 10.1. The largest absolute Gasteiger partial charge is 0.393 e. The number of aromatic nitrogens is 1. The molecule has 1 fully saturated rings. The quantitative estimate of drug-likeness (QED) is 0.943. The summed E-state index contributed by atoms with van der Waals surface area (Å²) < 4.78 is 0. The Morgan fingerprint density at radius 1 is 1.25 bits per heavy atom. The zero-order valence-electron chi connectivity index (χ0n) is 11.7. The van der Waals surface area contributed by atoms with Gasteiger partial charge >= 0.3 is 0 Å². The maximum absolute atomic E-state index is 9.53. The summed E-state index contributed by atoms with van der Waals surface area (Å²) >= 11 is 1.71. The zero-order chi connectivity index (χ0) is 13.9. The molecule has 2 heterocycles. The molecule has 1 aromatic heterocycles. The van der Waals surface area contributed by atoms with Crippen LogP contribution < -0.4 is 0 Å². The molecule has 0 aliphatic carbocycles. The predicted molar refractivity (Wildman–Crippen MR) is 82.8 cm³/mol. The molecule has 2 aromatic rings. The standard InChI is InChI=1S/C16H20N2OS/c1-12-2-4-13(5-3-12)16-17-14(11-20-16)10-18-8-6-15(19)7-9-18/h2-5,11,15,19H,6-10H2,1H3. The Kier molecular flexibility index (Phi) is 4.15. The van der Waals surface area contributed by atoms with Crippen molar-refractivity contribution in [2.75, 3.05) is 13.1 Å². The molecule has 3 rings (SSSR count). The predicted octanol–water partition coefficient (Wildman–Crippen LogP) is 3.08. The molecule has 0 spiro atoms. The second kappa shape index (κ2) is 6.04. The van der Waals surface area contributed by atoms with E-state index in [1.165, 1.54) is 11.1 Å². The van der Waals surface area contributed by atoms with Crippen LogP contribution in [0.2, 0.25) is 0 Å². The molecule has 1 aliphatic heterocycles. The third-order valence-electron chi connectivity index (χ3n) is 3.79. The number of rotatable bonds is 3. The summed E-state index contributed by atoms with van der Waals surface area (Å²) in [6.07, 6.45) is 1.66. The van der Waals surface area contributed by atoms with Gasteiger partial charge in [0.2, 0.25) is 0 Å². The van der Waals surface area contributed by atoms with Crippen molar-refractivity contribution >= 4 is 11.3 Å². The van der Waals surface area contributed by atoms with Crippen molar-refractivity contribution in [3.05, 3.63) is 40.9 Å². The van der Waals surface area contributed by atoms with Gasteiger partial charge < -0.3 is 5.11 Å². The first kappa shape index (κ1) is 13.7. The van der Waals surface area contributed by atoms with Gasteiger partial charge in [-0.05, 0) is 19.8 Å². The number of hydrogen-bond donors (Lipinski definition) is 1. The molecule has 106 valence electrons. The van der Waals surface area contributed by atoms with Crippen molar-refractivity contribution in [2.45, 2.75) is 32.4 Å². The number of piperidine rings is 1. The van der Waals surface area contributed by atoms with Gasteiger partial charge in [-0.2, -0.15) is 0 Å². The van der Waals surface area contributed by atoms with Gasteiger partial charge in [-0.25, -0.2) is 4.98 Å². The van der Waals surface area contributed by atoms with Crippen molar-refractivity contribution < 1.29 is 5.11 Å². The fourth-order valence-corrected chi connectivity index (χ4v) is 3.33. The van der Waals surface area contributed by atoms with E-state index >= 15 is 0 Å². The molecule has 1 saturated heterocycles. The highest BCUT2D eigenvalue weighted by atomic mass is 32.1. The van der Waals surface area contributed by atoms with E-state index in [2.05, 4.69) is 41.5 Å². The minimum Gasteiger partial charge on any atom is -0.393 e. The molecule has 0 radical (unpaired) electrons. The van der Waals surface area contributed by atoms with E-state index in [0.717, 1.165) is 43.2 Å². The van der Waals surface area contributed by atoms with Crippen LogP contribution in [0.5, 0.6) is 0 Å². The van der Waals surface area contributed by atoms with Crippen LogP contribution in [-0.2, 0) is 6.54 Å². The Labute approximate surface area is 123 Å². The molecule has 1 N–H and O–H groups in total. The van der Waals surface area contributed by atoms with E-state index in [1.807, 2.05) is 0 Å². The molecular weight excluding hydrogens is 268 g/mol. The Bertz CT molecular complexity index is 556. The lowest BCUT2D eigenvalue weighted by Crippen LogP contribution is -2.35. The molecule has 0 saturated carbocycles. The molecule has 1 aliphatic rings. The lowest BCUT2D eigenvalue weighted by molar-refractivity contribution is 0.0787. The average Bonchev–Trinajstić information content (AvgIpc) is 2.91. The van der Waals surface area contributed by atoms with E-state index in [9.17, 15) is 5.11 Å². The molecule has 20 heavy (non-hydrogen) atoms. The number of aryl methyl sites for hydroxylation is 1. The maximum atomic E-state index is 9.53. The third-order valence-corrected chi connectivity index (χ3v) is 4.73. The molecule has 0 unspecified atom stereocenters. The Morgan fingerprint density at radius 3 is 2.65 bits per heavy atom. The average molecular weight is 288 g/mol. The maximum Gasteiger partial charge on any atom is 0.123 e. The lowest BCUT2D eigenvalue weighted by Gasteiger charge is -2.28. The third kappa shape index (κ3) is 3.26. The highest BCUT2D eigenvalue weighted by Crippen LogP contribution is 2.25. The van der Waals surface area contributed by atoms with Crippen molar-refractivity contribution in [2.24, 2.45) is 0 Å². The van der Waals surface area contributed by atoms with E-state index in [1.54, 1.807) is 11.3 Å². The number of aliphatic hydroxyl groups excluding tert-OH is 1. The fraction of sp³-hybridized carbons (Fsp3) is 0.438. The number of thiazole rings is 1. The minimum absolute atomic E-state index is 0.107. The SMILES string of the molecule is Cc1ccc(-c2nc(CN3CCC(O)CC3)cs2)cc1. The van der Waals surface area contributed by atoms with Gasteiger partial charge in [-0.15, -0.1) is 11.3 Å². The molecule has 0 bridgehead atoms. The second-order valence-corrected chi connectivity index (χ2v) is 6.38. The summed E-state index contributed by atoms with van der Waals surface area (Å²) in [6, 6.07) is 8.52. The molecule has 0 atom stereocenters. The van der Waals surface area contributed by atoms with Crippen LogP contribution in [0.25, 0.3) is 10.6 Å². The summed E-state index contributed by atoms with van der Waals surface area (Å²) in [5.74, 6) is 0. The minimum atomic E-state index is -0.107. The van der Waals surface area contributed by atoms with Crippen LogP contribution in [0.4, 0.5) is 0 Å². The first-order chi connectivity index (χ1) is 9.70. The van der Waals surface area contributed by atoms with E-state index in [0.29, 0.717) is 0 Å². The summed E-state index contributed by atoms with van der Waals surface area (Å²) in [4.78, 5) is 7.11. The normalized spacial score (nSPS) is 17.5. The zero-order valence-corrected chi connectivity index (χ0v) is 12.6. The van der Waals surface area contributed by atoms with Crippen molar-refractivity contribution in [1.82, 2.24) is 9.88 Å². The summed E-state index contributed by atoms with van der Waals surface area (Å²) in [5, 5.41) is 12.8. The monoisotopic (exact) mass is 288 g/mol. The topological polar surface area (TPSA) is 36.4 Å².